The van der Waals surface area contributed by atoms with E-state index in [9.17, 15) is 0 Å². The minimum absolute atomic E-state index is 0.811. The van der Waals surface area contributed by atoms with Gasteiger partial charge in [-0.15, -0.1) is 0 Å². The molecule has 0 spiro atoms. The number of halogens is 1. The Balaban J connectivity index is 2.02. The predicted molar refractivity (Wildman–Crippen MR) is 90.3 cm³/mol. The molecular weight excluding hydrogens is 276 g/mol. The fraction of sp³-hybridized carbons (Fsp3) is 0. The lowest BCUT2D eigenvalue weighted by Gasteiger charge is -2.05. The first-order chi connectivity index (χ1) is 10.3. The van der Waals surface area contributed by atoms with Gasteiger partial charge in [-0.05, 0) is 40.0 Å². The van der Waals surface area contributed by atoms with Crippen LogP contribution >= 0.6 is 11.6 Å². The normalized spacial score (nSPS) is 14.0. The van der Waals surface area contributed by atoms with Crippen LogP contribution in [0.3, 0.4) is 0 Å². The Morgan fingerprint density at radius 2 is 1.29 bits per heavy atom. The van der Waals surface area contributed by atoms with Crippen LogP contribution in [-0.2, 0) is 0 Å². The molecule has 4 rings (SSSR count). The van der Waals surface area contributed by atoms with E-state index in [1.165, 1.54) is 27.8 Å². The first-order valence-electron chi connectivity index (χ1n) is 7.00. The third-order valence-corrected chi connectivity index (χ3v) is 4.22. The van der Waals surface area contributed by atoms with Crippen molar-refractivity contribution in [2.24, 2.45) is 0 Å². The van der Waals surface area contributed by atoms with Gasteiger partial charge >= 0.3 is 0 Å². The first kappa shape index (κ1) is 12.4. The van der Waals surface area contributed by atoms with Crippen LogP contribution in [0.1, 0.15) is 16.7 Å². The SMILES string of the molecule is Clc1cccc2c1C(=Cc1ccccc1)c1ccccc1-2. The fourth-order valence-corrected chi connectivity index (χ4v) is 3.25. The van der Waals surface area contributed by atoms with Gasteiger partial charge in [0.25, 0.3) is 0 Å². The van der Waals surface area contributed by atoms with Gasteiger partial charge in [-0.1, -0.05) is 78.3 Å². The van der Waals surface area contributed by atoms with Gasteiger partial charge in [0.1, 0.15) is 0 Å². The molecule has 0 unspecified atom stereocenters. The van der Waals surface area contributed by atoms with E-state index in [0.717, 1.165) is 10.6 Å². The van der Waals surface area contributed by atoms with Crippen molar-refractivity contribution in [3.05, 3.63) is 94.5 Å². The topological polar surface area (TPSA) is 0 Å². The number of rotatable bonds is 1. The van der Waals surface area contributed by atoms with Gasteiger partial charge in [0.05, 0.1) is 0 Å². The third-order valence-electron chi connectivity index (χ3n) is 3.90. The standard InChI is InChI=1S/C20H13Cl/c21-19-12-6-11-17-15-9-4-5-10-16(15)18(20(17)19)13-14-7-2-1-3-8-14/h1-13H. The van der Waals surface area contributed by atoms with Crippen molar-refractivity contribution in [1.29, 1.82) is 0 Å². The number of fused-ring (bicyclic) bond motifs is 3. The molecule has 0 saturated carbocycles. The van der Waals surface area contributed by atoms with Gasteiger partial charge in [0.15, 0.2) is 0 Å². The van der Waals surface area contributed by atoms with Crippen molar-refractivity contribution in [2.75, 3.05) is 0 Å². The van der Waals surface area contributed by atoms with E-state index in [-0.39, 0.29) is 0 Å². The molecule has 0 radical (unpaired) electrons. The van der Waals surface area contributed by atoms with Gasteiger partial charge in [0, 0.05) is 10.6 Å². The molecule has 0 aliphatic heterocycles. The smallest absolute Gasteiger partial charge is 0.0490 e. The van der Waals surface area contributed by atoms with E-state index in [0.29, 0.717) is 0 Å². The van der Waals surface area contributed by atoms with E-state index in [1.54, 1.807) is 0 Å². The van der Waals surface area contributed by atoms with Crippen LogP contribution in [0.2, 0.25) is 5.02 Å². The Labute approximate surface area is 129 Å². The molecule has 0 atom stereocenters. The quantitative estimate of drug-likeness (QED) is 0.408. The summed E-state index contributed by atoms with van der Waals surface area (Å²) in [6, 6.07) is 25.0. The van der Waals surface area contributed by atoms with E-state index < -0.39 is 0 Å². The molecule has 0 amide bonds. The highest BCUT2D eigenvalue weighted by molar-refractivity contribution is 6.34. The maximum atomic E-state index is 6.48. The summed E-state index contributed by atoms with van der Waals surface area (Å²) in [5, 5.41) is 0.811. The Kier molecular flexibility index (Phi) is 2.90. The molecule has 0 bridgehead atoms. The fourth-order valence-electron chi connectivity index (χ4n) is 2.98. The molecule has 100 valence electrons. The van der Waals surface area contributed by atoms with Crippen molar-refractivity contribution in [3.63, 3.8) is 0 Å². The summed E-state index contributed by atoms with van der Waals surface area (Å²) in [6.45, 7) is 0. The summed E-state index contributed by atoms with van der Waals surface area (Å²) in [4.78, 5) is 0. The van der Waals surface area contributed by atoms with Crippen LogP contribution in [0.25, 0.3) is 22.8 Å². The summed E-state index contributed by atoms with van der Waals surface area (Å²) < 4.78 is 0. The highest BCUT2D eigenvalue weighted by Gasteiger charge is 2.24. The van der Waals surface area contributed by atoms with Gasteiger partial charge in [-0.2, -0.15) is 0 Å². The largest absolute Gasteiger partial charge is 0.0836 e. The van der Waals surface area contributed by atoms with Crippen LogP contribution < -0.4 is 0 Å². The Bertz CT molecular complexity index is 845. The van der Waals surface area contributed by atoms with Gasteiger partial charge < -0.3 is 0 Å². The molecule has 1 aliphatic rings. The molecule has 0 fully saturated rings. The van der Waals surface area contributed by atoms with E-state index in [1.807, 2.05) is 18.2 Å². The average molecular weight is 289 g/mol. The van der Waals surface area contributed by atoms with E-state index >= 15 is 0 Å². The number of benzene rings is 3. The highest BCUT2D eigenvalue weighted by Crippen LogP contribution is 2.47. The highest BCUT2D eigenvalue weighted by atomic mass is 35.5. The lowest BCUT2D eigenvalue weighted by Crippen LogP contribution is -1.83. The predicted octanol–water partition coefficient (Wildman–Crippen LogP) is 5.91. The second-order valence-corrected chi connectivity index (χ2v) is 5.58. The molecule has 0 aromatic heterocycles. The Morgan fingerprint density at radius 1 is 0.619 bits per heavy atom. The van der Waals surface area contributed by atoms with Crippen molar-refractivity contribution in [1.82, 2.24) is 0 Å². The van der Waals surface area contributed by atoms with Gasteiger partial charge in [0.2, 0.25) is 0 Å². The van der Waals surface area contributed by atoms with Crippen molar-refractivity contribution in [3.8, 4) is 11.1 Å². The third kappa shape index (κ3) is 2.00. The van der Waals surface area contributed by atoms with Crippen molar-refractivity contribution in [2.45, 2.75) is 0 Å². The van der Waals surface area contributed by atoms with Gasteiger partial charge in [-0.25, -0.2) is 0 Å². The second-order valence-electron chi connectivity index (χ2n) is 5.18. The van der Waals surface area contributed by atoms with Crippen LogP contribution in [0.4, 0.5) is 0 Å². The second kappa shape index (κ2) is 4.91. The zero-order chi connectivity index (χ0) is 14.2. The lowest BCUT2D eigenvalue weighted by molar-refractivity contribution is 1.64. The van der Waals surface area contributed by atoms with Crippen molar-refractivity contribution >= 4 is 23.3 Å². The first-order valence-corrected chi connectivity index (χ1v) is 7.38. The molecule has 21 heavy (non-hydrogen) atoms. The molecule has 0 N–H and O–H groups in total. The molecule has 1 heteroatoms. The average Bonchev–Trinajstić information content (AvgIpc) is 2.84. The van der Waals surface area contributed by atoms with Crippen LogP contribution in [0, 0.1) is 0 Å². The molecule has 0 heterocycles. The summed E-state index contributed by atoms with van der Waals surface area (Å²) in [5.74, 6) is 0. The summed E-state index contributed by atoms with van der Waals surface area (Å²) in [7, 11) is 0. The summed E-state index contributed by atoms with van der Waals surface area (Å²) in [5.41, 5.74) is 7.28. The summed E-state index contributed by atoms with van der Waals surface area (Å²) >= 11 is 6.48. The Morgan fingerprint density at radius 3 is 2.10 bits per heavy atom. The maximum absolute atomic E-state index is 6.48. The molecule has 1 aliphatic carbocycles. The minimum Gasteiger partial charge on any atom is -0.0836 e. The van der Waals surface area contributed by atoms with Crippen molar-refractivity contribution < 1.29 is 0 Å². The monoisotopic (exact) mass is 288 g/mol. The Hall–Kier alpha value is -2.31. The van der Waals surface area contributed by atoms with Crippen LogP contribution in [0.5, 0.6) is 0 Å². The van der Waals surface area contributed by atoms with Gasteiger partial charge in [-0.3, -0.25) is 0 Å². The molecule has 3 aromatic carbocycles. The zero-order valence-electron chi connectivity index (χ0n) is 11.4. The molecular formula is C20H13Cl. The molecule has 0 saturated heterocycles. The van der Waals surface area contributed by atoms with Crippen LogP contribution in [-0.4, -0.2) is 0 Å². The number of hydrogen-bond donors (Lipinski definition) is 0. The summed E-state index contributed by atoms with van der Waals surface area (Å²) in [6.07, 6.45) is 2.22. The van der Waals surface area contributed by atoms with E-state index in [2.05, 4.69) is 60.7 Å². The molecule has 3 aromatic rings. The maximum Gasteiger partial charge on any atom is 0.0490 e. The lowest BCUT2D eigenvalue weighted by atomic mass is 10.0. The molecule has 0 nitrogen and oxygen atoms in total. The number of hydrogen-bond acceptors (Lipinski definition) is 0. The zero-order valence-corrected chi connectivity index (χ0v) is 12.1. The minimum atomic E-state index is 0.811. The van der Waals surface area contributed by atoms with E-state index in [4.69, 9.17) is 11.6 Å². The van der Waals surface area contributed by atoms with Crippen LogP contribution in [0.15, 0.2) is 72.8 Å².